The molecule has 41 heavy (non-hydrogen) atoms. The number of aromatic nitrogens is 5. The van der Waals surface area contributed by atoms with Crippen LogP contribution < -0.4 is 14.5 Å². The van der Waals surface area contributed by atoms with Crippen LogP contribution in [0.2, 0.25) is 0 Å². The lowest BCUT2D eigenvalue weighted by Crippen LogP contribution is -2.51. The van der Waals surface area contributed by atoms with Gasteiger partial charge >= 0.3 is 0 Å². The van der Waals surface area contributed by atoms with E-state index in [1.54, 1.807) is 0 Å². The molecule has 1 N–H and O–H groups in total. The smallest absolute Gasteiger partial charge is 0.183 e. The lowest BCUT2D eigenvalue weighted by Gasteiger charge is -2.44. The number of ether oxygens (including phenoxy) is 1. The van der Waals surface area contributed by atoms with Gasteiger partial charge in [0.25, 0.3) is 0 Å². The molecule has 3 aromatic rings. The average molecular weight is 581 g/mol. The molecule has 3 aliphatic rings. The van der Waals surface area contributed by atoms with Crippen molar-refractivity contribution in [3.63, 3.8) is 0 Å². The Hall–Kier alpha value is -2.63. The normalized spacial score (nSPS) is 22.9. The van der Waals surface area contributed by atoms with Crippen LogP contribution in [-0.2, 0) is 22.1 Å². The predicted molar refractivity (Wildman–Crippen MR) is 164 cm³/mol. The number of pyridine rings is 1. The highest BCUT2D eigenvalue weighted by Gasteiger charge is 2.38. The summed E-state index contributed by atoms with van der Waals surface area (Å²) >= 11 is 0. The van der Waals surface area contributed by atoms with Crippen LogP contribution in [0.25, 0.3) is 11.2 Å². The average Bonchev–Trinajstić information content (AvgIpc) is 3.36. The van der Waals surface area contributed by atoms with E-state index >= 15 is 0 Å². The number of fused-ring (bicyclic) bond motifs is 2. The Kier molecular flexibility index (Phi) is 7.80. The third kappa shape index (κ3) is 5.60. The Balaban J connectivity index is 1.28. The summed E-state index contributed by atoms with van der Waals surface area (Å²) in [7, 11) is -1.09. The fourth-order valence-electron chi connectivity index (χ4n) is 6.11. The second-order valence-corrected chi connectivity index (χ2v) is 15.1. The van der Waals surface area contributed by atoms with Crippen LogP contribution in [0.3, 0.4) is 0 Å². The lowest BCUT2D eigenvalue weighted by molar-refractivity contribution is -0.0368. The minimum Gasteiger partial charge on any atom is -0.356 e. The van der Waals surface area contributed by atoms with E-state index in [0.717, 1.165) is 105 Å². The molecule has 3 unspecified atom stereocenters. The Morgan fingerprint density at radius 1 is 1.15 bits per heavy atom. The molecule has 0 amide bonds. The molecule has 222 valence electrons. The molecular formula is C30H44N8O2S. The third-order valence-electron chi connectivity index (χ3n) is 9.12. The van der Waals surface area contributed by atoms with E-state index in [-0.39, 0.29) is 22.4 Å². The summed E-state index contributed by atoms with van der Waals surface area (Å²) < 4.78 is 24.0. The molecule has 2 fully saturated rings. The number of nitrogens with zero attached hydrogens (tertiary/aromatic N) is 7. The van der Waals surface area contributed by atoms with Gasteiger partial charge in [0.15, 0.2) is 23.2 Å². The zero-order chi connectivity index (χ0) is 28.8. The number of anilines is 3. The Morgan fingerprint density at radius 3 is 2.68 bits per heavy atom. The molecule has 0 saturated carbocycles. The van der Waals surface area contributed by atoms with Gasteiger partial charge in [-0.1, -0.05) is 6.92 Å². The maximum absolute atomic E-state index is 12.8. The summed E-state index contributed by atoms with van der Waals surface area (Å²) in [5.41, 5.74) is 3.85. The Morgan fingerprint density at radius 2 is 1.95 bits per heavy atom. The molecule has 3 aliphatic heterocycles. The van der Waals surface area contributed by atoms with Crippen molar-refractivity contribution in [2.24, 2.45) is 5.41 Å². The maximum Gasteiger partial charge on any atom is 0.183 e. The molecule has 0 bridgehead atoms. The van der Waals surface area contributed by atoms with Crippen molar-refractivity contribution in [1.82, 2.24) is 29.5 Å². The second-order valence-electron chi connectivity index (χ2n) is 13.1. The number of hydrogen-bond donors (Lipinski definition) is 1. The largest absolute Gasteiger partial charge is 0.356 e. The molecule has 6 rings (SSSR count). The molecule has 3 atom stereocenters. The summed E-state index contributed by atoms with van der Waals surface area (Å²) in [4.78, 5) is 19.4. The first-order valence-electron chi connectivity index (χ1n) is 15.2. The summed E-state index contributed by atoms with van der Waals surface area (Å²) in [6.45, 7) is 13.9. The van der Waals surface area contributed by atoms with Crippen LogP contribution in [0.15, 0.2) is 24.5 Å². The summed E-state index contributed by atoms with van der Waals surface area (Å²) in [5.74, 6) is 1.71. The molecule has 10 nitrogen and oxygen atoms in total. The van der Waals surface area contributed by atoms with Gasteiger partial charge in [-0.25, -0.2) is 23.6 Å². The van der Waals surface area contributed by atoms with Crippen molar-refractivity contribution >= 4 is 39.5 Å². The van der Waals surface area contributed by atoms with E-state index in [9.17, 15) is 4.21 Å². The zero-order valence-electron chi connectivity index (χ0n) is 25.1. The van der Waals surface area contributed by atoms with Crippen molar-refractivity contribution in [1.29, 1.82) is 0 Å². The second kappa shape index (κ2) is 11.2. The molecule has 3 aromatic heterocycles. The summed E-state index contributed by atoms with van der Waals surface area (Å²) in [6.07, 6.45) is 10.7. The Bertz CT molecular complexity index is 1410. The van der Waals surface area contributed by atoms with Crippen LogP contribution in [0.4, 0.5) is 17.3 Å². The van der Waals surface area contributed by atoms with Crippen LogP contribution in [-0.4, -0.2) is 66.0 Å². The standard InChI is InChI=1S/C30H44N8O2S/c1-21(35-41(39)29(2,3)4)30(5)13-17-36(18-14-30)24-20-32-26-27(33-24)38(25-12-6-7-19-40-25)34-28(26)37-16-9-10-22-23(37)11-8-15-31-22/h8,11,15,20-21,25,35H,6-7,9-10,12-14,16-19H2,1-5H3. The molecular weight excluding hydrogens is 536 g/mol. The van der Waals surface area contributed by atoms with Gasteiger partial charge in [-0.15, -0.1) is 5.10 Å². The number of nitrogens with one attached hydrogen (secondary N) is 1. The maximum atomic E-state index is 12.8. The first kappa shape index (κ1) is 28.5. The fourth-order valence-corrected chi connectivity index (χ4v) is 7.07. The van der Waals surface area contributed by atoms with Gasteiger partial charge in [-0.05, 0) is 90.2 Å². The van der Waals surface area contributed by atoms with Gasteiger partial charge in [0.2, 0.25) is 0 Å². The highest BCUT2D eigenvalue weighted by molar-refractivity contribution is 7.84. The minimum absolute atomic E-state index is 0.0511. The van der Waals surface area contributed by atoms with Gasteiger partial charge in [-0.3, -0.25) is 4.98 Å². The van der Waals surface area contributed by atoms with Gasteiger partial charge < -0.3 is 14.5 Å². The van der Waals surface area contributed by atoms with Gasteiger partial charge in [0, 0.05) is 38.5 Å². The van der Waals surface area contributed by atoms with Crippen molar-refractivity contribution in [3.8, 4) is 0 Å². The van der Waals surface area contributed by atoms with Gasteiger partial charge in [0.05, 0.1) is 33.3 Å². The van der Waals surface area contributed by atoms with Crippen LogP contribution in [0.1, 0.15) is 85.1 Å². The Labute approximate surface area is 245 Å². The van der Waals surface area contributed by atoms with Gasteiger partial charge in [-0.2, -0.15) is 0 Å². The molecule has 0 spiro atoms. The van der Waals surface area contributed by atoms with Crippen LogP contribution in [0, 0.1) is 5.41 Å². The van der Waals surface area contributed by atoms with Crippen molar-refractivity contribution in [3.05, 3.63) is 30.2 Å². The van der Waals surface area contributed by atoms with E-state index in [1.165, 1.54) is 0 Å². The molecule has 11 heteroatoms. The predicted octanol–water partition coefficient (Wildman–Crippen LogP) is 5.05. The SMILES string of the molecule is CC(NS(=O)C(C)(C)C)C1(C)CCN(c2cnc3c(N4CCCc5ncccc54)nn(C4CCCCO4)c3n2)CC1. The lowest BCUT2D eigenvalue weighted by atomic mass is 9.75. The number of hydrogen-bond acceptors (Lipinski definition) is 8. The van der Waals surface area contributed by atoms with Crippen molar-refractivity contribution < 1.29 is 8.95 Å². The first-order chi connectivity index (χ1) is 19.6. The minimum atomic E-state index is -1.09. The number of piperidine rings is 1. The number of rotatable bonds is 6. The zero-order valence-corrected chi connectivity index (χ0v) is 25.9. The van der Waals surface area contributed by atoms with E-state index in [4.69, 9.17) is 19.8 Å². The third-order valence-corrected chi connectivity index (χ3v) is 10.8. The van der Waals surface area contributed by atoms with Crippen molar-refractivity contribution in [2.45, 2.75) is 96.6 Å². The van der Waals surface area contributed by atoms with E-state index < -0.39 is 11.0 Å². The number of aryl methyl sites for hydroxylation is 1. The fraction of sp³-hybridized carbons (Fsp3) is 0.667. The van der Waals surface area contributed by atoms with E-state index in [0.29, 0.717) is 0 Å². The monoisotopic (exact) mass is 580 g/mol. The van der Waals surface area contributed by atoms with E-state index in [1.807, 2.05) is 43.9 Å². The molecule has 6 heterocycles. The molecule has 2 saturated heterocycles. The van der Waals surface area contributed by atoms with Crippen molar-refractivity contribution in [2.75, 3.05) is 36.0 Å². The summed E-state index contributed by atoms with van der Waals surface area (Å²) in [5, 5.41) is 5.12. The van der Waals surface area contributed by atoms with Crippen LogP contribution in [0.5, 0.6) is 0 Å². The van der Waals surface area contributed by atoms with Gasteiger partial charge in [0.1, 0.15) is 5.82 Å². The highest BCUT2D eigenvalue weighted by Crippen LogP contribution is 2.39. The van der Waals surface area contributed by atoms with E-state index in [2.05, 4.69) is 39.4 Å². The molecule has 0 radical (unpaired) electrons. The van der Waals surface area contributed by atoms with Crippen LogP contribution >= 0.6 is 0 Å². The topological polar surface area (TPSA) is 101 Å². The highest BCUT2D eigenvalue weighted by atomic mass is 32.2. The molecule has 0 aliphatic carbocycles. The summed E-state index contributed by atoms with van der Waals surface area (Å²) in [6, 6.07) is 4.27. The molecule has 0 aromatic carbocycles. The quantitative estimate of drug-likeness (QED) is 0.432. The first-order valence-corrected chi connectivity index (χ1v) is 16.3.